The smallest absolute Gasteiger partial charge is 0.243 e. The summed E-state index contributed by atoms with van der Waals surface area (Å²) in [5.74, 6) is -1.44. The van der Waals surface area contributed by atoms with Crippen LogP contribution >= 0.6 is 12.4 Å². The average molecular weight is 364 g/mol. The summed E-state index contributed by atoms with van der Waals surface area (Å²) < 4.78 is 0. The summed E-state index contributed by atoms with van der Waals surface area (Å²) in [5, 5.41) is 12.1. The number of likely N-dealkylation sites (tertiary alicyclic amines) is 1. The molecule has 1 saturated heterocycles. The Kier molecular flexibility index (Phi) is 9.74. The van der Waals surface area contributed by atoms with E-state index in [2.05, 4.69) is 10.6 Å². The van der Waals surface area contributed by atoms with Crippen LogP contribution in [0.25, 0.3) is 0 Å². The summed E-state index contributed by atoms with van der Waals surface area (Å²) in [6.45, 7) is 0.672. The molecule has 0 aliphatic carbocycles. The summed E-state index contributed by atoms with van der Waals surface area (Å²) in [6, 6.07) is -1.32. The monoisotopic (exact) mass is 363 g/mol. The number of rotatable bonds is 8. The Morgan fingerprint density at radius 2 is 1.92 bits per heavy atom. The third-order valence-electron chi connectivity index (χ3n) is 3.60. The van der Waals surface area contributed by atoms with E-state index >= 15 is 0 Å². The standard InChI is InChI=1S/C13H25N7O3.ClH/c14-8(3-1-5-18-13(16)17)12(23)20-6-2-4-9(20)11(22)19-7-10(15)21;/h8-9H,1-7,14H2,(H2,15,21)(H,19,22)(H4,16,17,18);1H/t8-,9-;/m0./s1. The van der Waals surface area contributed by atoms with Gasteiger partial charge in [-0.15, -0.1) is 12.4 Å². The van der Waals surface area contributed by atoms with Crippen molar-refractivity contribution in [3.8, 4) is 0 Å². The Morgan fingerprint density at radius 3 is 2.50 bits per heavy atom. The fourth-order valence-electron chi connectivity index (χ4n) is 2.48. The van der Waals surface area contributed by atoms with Gasteiger partial charge in [0.25, 0.3) is 0 Å². The van der Waals surface area contributed by atoms with Crippen molar-refractivity contribution in [3.05, 3.63) is 0 Å². The number of hydrogen-bond acceptors (Lipinski definition) is 5. The van der Waals surface area contributed by atoms with Gasteiger partial charge in [-0.05, 0) is 25.7 Å². The van der Waals surface area contributed by atoms with Crippen LogP contribution in [0, 0.1) is 5.41 Å². The van der Waals surface area contributed by atoms with Crippen molar-refractivity contribution in [2.75, 3.05) is 19.6 Å². The highest BCUT2D eigenvalue weighted by molar-refractivity contribution is 5.92. The number of carbonyl (C=O) groups is 3. The van der Waals surface area contributed by atoms with Crippen LogP contribution in [0.4, 0.5) is 0 Å². The van der Waals surface area contributed by atoms with Crippen LogP contribution in [0.2, 0.25) is 0 Å². The molecule has 1 aliphatic heterocycles. The third kappa shape index (κ3) is 7.01. The second kappa shape index (κ2) is 10.7. The van der Waals surface area contributed by atoms with Crippen LogP contribution in [0.3, 0.4) is 0 Å². The minimum atomic E-state index is -0.715. The Morgan fingerprint density at radius 1 is 1.25 bits per heavy atom. The molecule has 1 heterocycles. The molecule has 1 aliphatic rings. The van der Waals surface area contributed by atoms with Crippen molar-refractivity contribution in [1.29, 1.82) is 5.41 Å². The molecule has 0 radical (unpaired) electrons. The van der Waals surface area contributed by atoms with Crippen LogP contribution in [0.5, 0.6) is 0 Å². The predicted molar refractivity (Wildman–Crippen MR) is 91.3 cm³/mol. The second-order valence-corrected chi connectivity index (χ2v) is 5.46. The molecule has 1 fully saturated rings. The summed E-state index contributed by atoms with van der Waals surface area (Å²) in [7, 11) is 0. The first kappa shape index (κ1) is 21.9. The Labute approximate surface area is 146 Å². The highest BCUT2D eigenvalue weighted by Crippen LogP contribution is 2.19. The van der Waals surface area contributed by atoms with Gasteiger partial charge in [-0.2, -0.15) is 0 Å². The van der Waals surface area contributed by atoms with Crippen molar-refractivity contribution < 1.29 is 14.4 Å². The van der Waals surface area contributed by atoms with Crippen molar-refractivity contribution >= 4 is 36.1 Å². The molecule has 138 valence electrons. The summed E-state index contributed by atoms with van der Waals surface area (Å²) in [6.07, 6.45) is 2.25. The fourth-order valence-corrected chi connectivity index (χ4v) is 2.48. The summed E-state index contributed by atoms with van der Waals surface area (Å²) in [5.41, 5.74) is 16.0. The van der Waals surface area contributed by atoms with E-state index in [4.69, 9.17) is 22.6 Å². The van der Waals surface area contributed by atoms with Crippen molar-refractivity contribution in [3.63, 3.8) is 0 Å². The van der Waals surface area contributed by atoms with E-state index in [1.807, 2.05) is 0 Å². The molecule has 9 N–H and O–H groups in total. The van der Waals surface area contributed by atoms with Gasteiger partial charge >= 0.3 is 0 Å². The van der Waals surface area contributed by atoms with E-state index in [1.165, 1.54) is 4.90 Å². The molecule has 0 unspecified atom stereocenters. The molecule has 24 heavy (non-hydrogen) atoms. The lowest BCUT2D eigenvalue weighted by molar-refractivity contribution is -0.139. The number of guanidine groups is 1. The van der Waals surface area contributed by atoms with Crippen LogP contribution in [0.15, 0.2) is 0 Å². The fraction of sp³-hybridized carbons (Fsp3) is 0.692. The lowest BCUT2D eigenvalue weighted by Gasteiger charge is -2.26. The number of nitrogens with one attached hydrogen (secondary N) is 3. The number of primary amides is 1. The maximum Gasteiger partial charge on any atom is 0.243 e. The first-order valence-corrected chi connectivity index (χ1v) is 7.53. The number of nitrogens with two attached hydrogens (primary N) is 3. The highest BCUT2D eigenvalue weighted by Gasteiger charge is 2.35. The number of hydrogen-bond donors (Lipinski definition) is 6. The molecule has 0 aromatic heterocycles. The minimum Gasteiger partial charge on any atom is -0.370 e. The molecular weight excluding hydrogens is 338 g/mol. The summed E-state index contributed by atoms with van der Waals surface area (Å²) in [4.78, 5) is 36.6. The zero-order chi connectivity index (χ0) is 17.4. The normalized spacial score (nSPS) is 17.5. The third-order valence-corrected chi connectivity index (χ3v) is 3.60. The van der Waals surface area contributed by atoms with Gasteiger partial charge in [0, 0.05) is 13.1 Å². The van der Waals surface area contributed by atoms with Crippen molar-refractivity contribution in [2.24, 2.45) is 17.2 Å². The number of halogens is 1. The van der Waals surface area contributed by atoms with E-state index in [0.717, 1.165) is 0 Å². The molecule has 11 heteroatoms. The maximum absolute atomic E-state index is 12.4. The van der Waals surface area contributed by atoms with E-state index in [1.54, 1.807) is 0 Å². The van der Waals surface area contributed by atoms with Gasteiger partial charge in [-0.3, -0.25) is 19.8 Å². The van der Waals surface area contributed by atoms with Gasteiger partial charge in [0.2, 0.25) is 17.7 Å². The quantitative estimate of drug-likeness (QED) is 0.159. The van der Waals surface area contributed by atoms with Crippen molar-refractivity contribution in [1.82, 2.24) is 15.5 Å². The van der Waals surface area contributed by atoms with Crippen LogP contribution in [-0.4, -0.2) is 60.3 Å². The molecule has 0 bridgehead atoms. The topological polar surface area (TPSA) is 180 Å². The Hall–Kier alpha value is -2.07. The van der Waals surface area contributed by atoms with Gasteiger partial charge in [0.15, 0.2) is 5.96 Å². The lowest BCUT2D eigenvalue weighted by Crippen LogP contribution is -2.52. The summed E-state index contributed by atoms with van der Waals surface area (Å²) >= 11 is 0. The SMILES string of the molecule is Cl.N=C(N)NCCC[C@H](N)C(=O)N1CCC[C@H]1C(=O)NCC(N)=O. The molecule has 0 spiro atoms. The van der Waals surface area contributed by atoms with Gasteiger partial charge in [0.05, 0.1) is 12.6 Å². The molecule has 3 amide bonds. The van der Waals surface area contributed by atoms with Crippen LogP contribution < -0.4 is 27.8 Å². The van der Waals surface area contributed by atoms with Crippen LogP contribution in [-0.2, 0) is 14.4 Å². The first-order valence-electron chi connectivity index (χ1n) is 7.53. The molecule has 0 aromatic carbocycles. The zero-order valence-corrected chi connectivity index (χ0v) is 14.2. The maximum atomic E-state index is 12.4. The molecule has 0 aromatic rings. The van der Waals surface area contributed by atoms with Crippen LogP contribution in [0.1, 0.15) is 25.7 Å². The lowest BCUT2D eigenvalue weighted by atomic mass is 10.1. The average Bonchev–Trinajstić information content (AvgIpc) is 2.97. The van der Waals surface area contributed by atoms with Gasteiger partial charge in [0.1, 0.15) is 6.04 Å². The minimum absolute atomic E-state index is 0. The van der Waals surface area contributed by atoms with Crippen molar-refractivity contribution in [2.45, 2.75) is 37.8 Å². The van der Waals surface area contributed by atoms with Gasteiger partial charge in [-0.25, -0.2) is 0 Å². The molecule has 1 rings (SSSR count). The molecular formula is C13H26ClN7O3. The van der Waals surface area contributed by atoms with Gasteiger partial charge in [-0.1, -0.05) is 0 Å². The van der Waals surface area contributed by atoms with E-state index in [-0.39, 0.29) is 36.7 Å². The zero-order valence-electron chi connectivity index (χ0n) is 13.4. The number of carbonyl (C=O) groups excluding carboxylic acids is 3. The molecule has 10 nitrogen and oxygen atoms in total. The van der Waals surface area contributed by atoms with Gasteiger partial charge < -0.3 is 32.7 Å². The second-order valence-electron chi connectivity index (χ2n) is 5.46. The number of nitrogens with zero attached hydrogens (tertiary/aromatic N) is 1. The Bertz CT molecular complexity index is 474. The van der Waals surface area contributed by atoms with E-state index in [9.17, 15) is 14.4 Å². The number of amides is 3. The highest BCUT2D eigenvalue weighted by atomic mass is 35.5. The van der Waals surface area contributed by atoms with E-state index in [0.29, 0.717) is 38.8 Å². The first-order chi connectivity index (χ1) is 10.8. The molecule has 2 atom stereocenters. The van der Waals surface area contributed by atoms with E-state index < -0.39 is 18.0 Å². The molecule has 0 saturated carbocycles. The largest absolute Gasteiger partial charge is 0.370 e. The predicted octanol–water partition coefficient (Wildman–Crippen LogP) is -2.41. The Balaban J connectivity index is 0.00000529.